The summed E-state index contributed by atoms with van der Waals surface area (Å²) >= 11 is 1.43. The molecule has 128 valence electrons. The Labute approximate surface area is 151 Å². The zero-order chi connectivity index (χ0) is 18.1. The van der Waals surface area contributed by atoms with E-state index < -0.39 is 4.92 Å². The number of nitro groups is 1. The van der Waals surface area contributed by atoms with Crippen molar-refractivity contribution >= 4 is 27.9 Å². The second-order valence-corrected chi connectivity index (χ2v) is 6.50. The van der Waals surface area contributed by atoms with Crippen LogP contribution in [0.2, 0.25) is 0 Å². The summed E-state index contributed by atoms with van der Waals surface area (Å²) in [6, 6.07) is 13.5. The number of thiazole rings is 1. The summed E-state index contributed by atoms with van der Waals surface area (Å²) in [5, 5.41) is 13.9. The number of nitro benzene ring substituents is 1. The minimum absolute atomic E-state index is 0.0410. The van der Waals surface area contributed by atoms with Gasteiger partial charge in [-0.3, -0.25) is 19.5 Å². The monoisotopic (exact) mass is 364 g/mol. The molecule has 2 heterocycles. The van der Waals surface area contributed by atoms with E-state index in [4.69, 9.17) is 0 Å². The van der Waals surface area contributed by atoms with E-state index in [1.165, 1.54) is 34.4 Å². The second-order valence-electron chi connectivity index (χ2n) is 5.64. The molecule has 0 amide bonds. The number of benzene rings is 2. The normalized spacial score (nSPS) is 10.9. The van der Waals surface area contributed by atoms with Gasteiger partial charge in [0.15, 0.2) is 0 Å². The predicted molar refractivity (Wildman–Crippen MR) is 99.3 cm³/mol. The third-order valence-electron chi connectivity index (χ3n) is 3.94. The van der Waals surface area contributed by atoms with Gasteiger partial charge in [0.2, 0.25) is 0 Å². The van der Waals surface area contributed by atoms with Crippen molar-refractivity contribution in [2.24, 2.45) is 0 Å². The minimum atomic E-state index is -0.434. The summed E-state index contributed by atoms with van der Waals surface area (Å²) in [5.41, 5.74) is 2.14. The topological polar surface area (TPSA) is 90.9 Å². The molecule has 0 saturated heterocycles. The van der Waals surface area contributed by atoms with Crippen molar-refractivity contribution in [3.8, 4) is 10.6 Å². The molecule has 0 saturated carbocycles. The maximum atomic E-state index is 12.5. The first-order chi connectivity index (χ1) is 12.6. The van der Waals surface area contributed by atoms with Crippen LogP contribution in [0.3, 0.4) is 0 Å². The van der Waals surface area contributed by atoms with Crippen molar-refractivity contribution in [2.75, 3.05) is 0 Å². The molecule has 4 rings (SSSR count). The Hall–Kier alpha value is -3.39. The molecule has 8 heteroatoms. The Morgan fingerprint density at radius 3 is 2.65 bits per heavy atom. The molecule has 7 nitrogen and oxygen atoms in total. The number of nitrogens with zero attached hydrogens (tertiary/aromatic N) is 4. The molecular formula is C18H12N4O3S. The zero-order valence-electron chi connectivity index (χ0n) is 13.4. The number of fused-ring (bicyclic) bond motifs is 1. The maximum absolute atomic E-state index is 12.5. The summed E-state index contributed by atoms with van der Waals surface area (Å²) in [4.78, 5) is 31.7. The SMILES string of the molecule is O=c1c2ccccc2ncn1Cc1csc(-c2ccc([N+](=O)[O-])cc2)n1. The van der Waals surface area contributed by atoms with E-state index >= 15 is 0 Å². The van der Waals surface area contributed by atoms with E-state index in [9.17, 15) is 14.9 Å². The van der Waals surface area contributed by atoms with Gasteiger partial charge in [-0.2, -0.15) is 0 Å². The summed E-state index contributed by atoms with van der Waals surface area (Å²) in [5.74, 6) is 0. The van der Waals surface area contributed by atoms with Gasteiger partial charge in [-0.25, -0.2) is 9.97 Å². The van der Waals surface area contributed by atoms with Crippen LogP contribution in [0.4, 0.5) is 5.69 Å². The highest BCUT2D eigenvalue weighted by Crippen LogP contribution is 2.25. The van der Waals surface area contributed by atoms with Gasteiger partial charge in [-0.05, 0) is 24.3 Å². The lowest BCUT2D eigenvalue weighted by molar-refractivity contribution is -0.384. The van der Waals surface area contributed by atoms with Crippen molar-refractivity contribution in [3.63, 3.8) is 0 Å². The fraction of sp³-hybridized carbons (Fsp3) is 0.0556. The minimum Gasteiger partial charge on any atom is -0.293 e. The lowest BCUT2D eigenvalue weighted by Gasteiger charge is -2.04. The van der Waals surface area contributed by atoms with E-state index in [1.807, 2.05) is 17.5 Å². The van der Waals surface area contributed by atoms with Crippen LogP contribution in [-0.4, -0.2) is 19.5 Å². The third kappa shape index (κ3) is 2.98. The van der Waals surface area contributed by atoms with Gasteiger partial charge in [0, 0.05) is 23.1 Å². The number of rotatable bonds is 4. The fourth-order valence-electron chi connectivity index (χ4n) is 2.63. The van der Waals surface area contributed by atoms with E-state index in [0.717, 1.165) is 16.3 Å². The van der Waals surface area contributed by atoms with Crippen LogP contribution >= 0.6 is 11.3 Å². The van der Waals surface area contributed by atoms with Crippen molar-refractivity contribution in [3.05, 3.63) is 86.4 Å². The van der Waals surface area contributed by atoms with E-state index in [0.29, 0.717) is 17.4 Å². The van der Waals surface area contributed by atoms with Crippen LogP contribution < -0.4 is 5.56 Å². The van der Waals surface area contributed by atoms with Gasteiger partial charge >= 0.3 is 0 Å². The standard InChI is InChI=1S/C18H12N4O3S/c23-18-15-3-1-2-4-16(15)19-11-21(18)9-13-10-26-17(20-13)12-5-7-14(8-6-12)22(24)25/h1-8,10-11H,9H2. The van der Waals surface area contributed by atoms with Crippen LogP contribution in [0, 0.1) is 10.1 Å². The molecule has 26 heavy (non-hydrogen) atoms. The highest BCUT2D eigenvalue weighted by atomic mass is 32.1. The highest BCUT2D eigenvalue weighted by molar-refractivity contribution is 7.13. The van der Waals surface area contributed by atoms with Crippen molar-refractivity contribution in [1.29, 1.82) is 0 Å². The van der Waals surface area contributed by atoms with Gasteiger partial charge in [0.25, 0.3) is 11.2 Å². The summed E-state index contributed by atoms with van der Waals surface area (Å²) in [6.45, 7) is 0.320. The average Bonchev–Trinajstić information content (AvgIpc) is 3.13. The largest absolute Gasteiger partial charge is 0.293 e. The van der Waals surface area contributed by atoms with Crippen LogP contribution in [0.1, 0.15) is 5.69 Å². The predicted octanol–water partition coefficient (Wildman–Crippen LogP) is 3.48. The Morgan fingerprint density at radius 2 is 1.88 bits per heavy atom. The first-order valence-corrected chi connectivity index (χ1v) is 8.63. The second kappa shape index (κ2) is 6.49. The highest BCUT2D eigenvalue weighted by Gasteiger charge is 2.10. The molecule has 0 aliphatic heterocycles. The van der Waals surface area contributed by atoms with Gasteiger partial charge < -0.3 is 0 Å². The van der Waals surface area contributed by atoms with Gasteiger partial charge in [0.1, 0.15) is 5.01 Å². The molecule has 2 aromatic heterocycles. The molecular weight excluding hydrogens is 352 g/mol. The molecule has 0 N–H and O–H groups in total. The van der Waals surface area contributed by atoms with Crippen molar-refractivity contribution in [1.82, 2.24) is 14.5 Å². The van der Waals surface area contributed by atoms with Crippen LogP contribution in [0.15, 0.2) is 65.0 Å². The smallest absolute Gasteiger partial charge is 0.269 e. The van der Waals surface area contributed by atoms with Gasteiger partial charge in [-0.15, -0.1) is 11.3 Å². The number of hydrogen-bond donors (Lipinski definition) is 0. The molecule has 0 bridgehead atoms. The number of para-hydroxylation sites is 1. The molecule has 0 fully saturated rings. The quantitative estimate of drug-likeness (QED) is 0.408. The Balaban J connectivity index is 1.62. The molecule has 0 radical (unpaired) electrons. The summed E-state index contributed by atoms with van der Waals surface area (Å²) in [7, 11) is 0. The van der Waals surface area contributed by atoms with Crippen LogP contribution in [-0.2, 0) is 6.54 Å². The fourth-order valence-corrected chi connectivity index (χ4v) is 3.45. The Bertz CT molecular complexity index is 1160. The Kier molecular flexibility index (Phi) is 4.02. The first kappa shape index (κ1) is 16.1. The van der Waals surface area contributed by atoms with Gasteiger partial charge in [0.05, 0.1) is 34.4 Å². The molecule has 0 aliphatic rings. The van der Waals surface area contributed by atoms with Crippen molar-refractivity contribution in [2.45, 2.75) is 6.54 Å². The lowest BCUT2D eigenvalue weighted by Crippen LogP contribution is -2.21. The Morgan fingerprint density at radius 1 is 1.12 bits per heavy atom. The maximum Gasteiger partial charge on any atom is 0.269 e. The average molecular weight is 364 g/mol. The number of hydrogen-bond acceptors (Lipinski definition) is 6. The molecule has 0 aliphatic carbocycles. The van der Waals surface area contributed by atoms with E-state index in [2.05, 4.69) is 9.97 Å². The zero-order valence-corrected chi connectivity index (χ0v) is 14.2. The molecule has 0 unspecified atom stereocenters. The molecule has 4 aromatic rings. The lowest BCUT2D eigenvalue weighted by atomic mass is 10.2. The van der Waals surface area contributed by atoms with Crippen molar-refractivity contribution < 1.29 is 4.92 Å². The molecule has 0 atom stereocenters. The first-order valence-electron chi connectivity index (χ1n) is 7.75. The number of non-ortho nitro benzene ring substituents is 1. The van der Waals surface area contributed by atoms with E-state index in [-0.39, 0.29) is 11.2 Å². The molecule has 2 aromatic carbocycles. The van der Waals surface area contributed by atoms with Crippen LogP contribution in [0.5, 0.6) is 0 Å². The van der Waals surface area contributed by atoms with E-state index in [1.54, 1.807) is 24.3 Å². The summed E-state index contributed by atoms with van der Waals surface area (Å²) in [6.07, 6.45) is 1.52. The summed E-state index contributed by atoms with van der Waals surface area (Å²) < 4.78 is 1.52. The number of aromatic nitrogens is 3. The molecule has 0 spiro atoms. The van der Waals surface area contributed by atoms with Gasteiger partial charge in [-0.1, -0.05) is 12.1 Å². The van der Waals surface area contributed by atoms with Crippen LogP contribution in [0.25, 0.3) is 21.5 Å². The third-order valence-corrected chi connectivity index (χ3v) is 4.88.